The van der Waals surface area contributed by atoms with Gasteiger partial charge < -0.3 is 4.74 Å². The Hall–Kier alpha value is -2.65. The topological polar surface area (TPSA) is 30.2 Å². The molecule has 0 amide bonds. The molecule has 1 heterocycles. The van der Waals surface area contributed by atoms with Gasteiger partial charge in [-0.2, -0.15) is 0 Å². The van der Waals surface area contributed by atoms with Crippen molar-refractivity contribution in [3.8, 4) is 5.75 Å². The summed E-state index contributed by atoms with van der Waals surface area (Å²) < 4.78 is 7.65. The lowest BCUT2D eigenvalue weighted by atomic mass is 10.0. The Morgan fingerprint density at radius 3 is 2.17 bits per heavy atom. The zero-order valence-electron chi connectivity index (χ0n) is 13.1. The number of pyridine rings is 1. The Morgan fingerprint density at radius 1 is 0.875 bits per heavy atom. The first-order chi connectivity index (χ1) is 11.7. The van der Waals surface area contributed by atoms with Crippen molar-refractivity contribution in [1.82, 2.24) is 0 Å². The Balaban J connectivity index is 1.56. The van der Waals surface area contributed by atoms with Gasteiger partial charge >= 0.3 is 0 Å². The van der Waals surface area contributed by atoms with Crippen LogP contribution in [0.2, 0.25) is 5.02 Å². The summed E-state index contributed by atoms with van der Waals surface area (Å²) in [5.74, 6) is 0.816. The number of halogens is 1. The Kier molecular flexibility index (Phi) is 5.24. The summed E-state index contributed by atoms with van der Waals surface area (Å²) in [7, 11) is 0. The molecular formula is C20H17ClNO2+. The molecule has 3 aromatic rings. The minimum Gasteiger partial charge on any atom is -0.487 e. The quantitative estimate of drug-likeness (QED) is 0.503. The lowest BCUT2D eigenvalue weighted by molar-refractivity contribution is -0.697. The fourth-order valence-corrected chi connectivity index (χ4v) is 2.44. The van der Waals surface area contributed by atoms with Crippen LogP contribution in [0.25, 0.3) is 0 Å². The number of rotatable bonds is 6. The van der Waals surface area contributed by atoms with Crippen LogP contribution in [-0.2, 0) is 6.54 Å². The van der Waals surface area contributed by atoms with Crippen molar-refractivity contribution >= 4 is 17.4 Å². The van der Waals surface area contributed by atoms with Crippen LogP contribution in [0.4, 0.5) is 0 Å². The SMILES string of the molecule is O=C(c1ccccc1)c1cc[n+](CCOc2ccc(Cl)cc2)cc1. The second kappa shape index (κ2) is 7.75. The molecule has 3 nitrogen and oxygen atoms in total. The molecule has 1 aromatic heterocycles. The summed E-state index contributed by atoms with van der Waals surface area (Å²) in [6.07, 6.45) is 3.78. The van der Waals surface area contributed by atoms with Crippen molar-refractivity contribution in [2.45, 2.75) is 6.54 Å². The molecule has 0 bridgehead atoms. The number of nitrogens with zero attached hydrogens (tertiary/aromatic N) is 1. The van der Waals surface area contributed by atoms with Crippen LogP contribution in [0.15, 0.2) is 79.1 Å². The third-order valence-electron chi connectivity index (χ3n) is 3.62. The van der Waals surface area contributed by atoms with Gasteiger partial charge in [0.2, 0.25) is 0 Å². The molecule has 0 spiro atoms. The molecule has 0 saturated carbocycles. The number of hydrogen-bond acceptors (Lipinski definition) is 2. The minimum atomic E-state index is 0.0279. The number of carbonyl (C=O) groups excluding carboxylic acids is 1. The molecule has 0 saturated heterocycles. The molecule has 0 unspecified atom stereocenters. The highest BCUT2D eigenvalue weighted by Crippen LogP contribution is 2.15. The zero-order valence-corrected chi connectivity index (χ0v) is 13.8. The summed E-state index contributed by atoms with van der Waals surface area (Å²) >= 11 is 5.84. The number of carbonyl (C=O) groups is 1. The lowest BCUT2D eigenvalue weighted by Gasteiger charge is -2.04. The van der Waals surface area contributed by atoms with Crippen molar-refractivity contribution in [3.05, 3.63) is 95.3 Å². The average molecular weight is 339 g/mol. The molecule has 0 N–H and O–H groups in total. The van der Waals surface area contributed by atoms with E-state index in [-0.39, 0.29) is 5.78 Å². The minimum absolute atomic E-state index is 0.0279. The van der Waals surface area contributed by atoms with Crippen molar-refractivity contribution in [3.63, 3.8) is 0 Å². The van der Waals surface area contributed by atoms with Crippen LogP contribution in [0.1, 0.15) is 15.9 Å². The molecule has 0 fully saturated rings. The van der Waals surface area contributed by atoms with Crippen molar-refractivity contribution < 1.29 is 14.1 Å². The van der Waals surface area contributed by atoms with Crippen molar-refractivity contribution in [1.29, 1.82) is 0 Å². The second-order valence-corrected chi connectivity index (χ2v) is 5.76. The molecular weight excluding hydrogens is 322 g/mol. The number of ketones is 1. The molecule has 24 heavy (non-hydrogen) atoms. The van der Waals surface area contributed by atoms with Crippen molar-refractivity contribution in [2.24, 2.45) is 0 Å². The first kappa shape index (κ1) is 16.2. The average Bonchev–Trinajstić information content (AvgIpc) is 2.64. The van der Waals surface area contributed by atoms with E-state index < -0.39 is 0 Å². The Morgan fingerprint density at radius 2 is 1.50 bits per heavy atom. The van der Waals surface area contributed by atoms with E-state index in [9.17, 15) is 4.79 Å². The fraction of sp³-hybridized carbons (Fsp3) is 0.100. The second-order valence-electron chi connectivity index (χ2n) is 5.32. The third kappa shape index (κ3) is 4.21. The summed E-state index contributed by atoms with van der Waals surface area (Å²) in [4.78, 5) is 12.3. The van der Waals surface area contributed by atoms with Crippen LogP contribution >= 0.6 is 11.6 Å². The maximum atomic E-state index is 12.3. The first-order valence-corrected chi connectivity index (χ1v) is 8.07. The number of ether oxygens (including phenoxy) is 1. The van der Waals surface area contributed by atoms with E-state index in [2.05, 4.69) is 0 Å². The summed E-state index contributed by atoms with van der Waals surface area (Å²) in [6, 6.07) is 20.2. The summed E-state index contributed by atoms with van der Waals surface area (Å²) in [6.45, 7) is 1.24. The molecule has 0 atom stereocenters. The van der Waals surface area contributed by atoms with E-state index in [0.29, 0.717) is 29.3 Å². The number of benzene rings is 2. The molecule has 0 aliphatic rings. The largest absolute Gasteiger partial charge is 0.487 e. The predicted molar refractivity (Wildman–Crippen MR) is 93.5 cm³/mol. The van der Waals surface area contributed by atoms with Crippen LogP contribution in [-0.4, -0.2) is 12.4 Å². The third-order valence-corrected chi connectivity index (χ3v) is 3.87. The van der Waals surface area contributed by atoms with Gasteiger partial charge in [0, 0.05) is 28.3 Å². The highest BCUT2D eigenvalue weighted by Gasteiger charge is 2.10. The van der Waals surface area contributed by atoms with E-state index in [0.717, 1.165) is 5.75 Å². The van der Waals surface area contributed by atoms with Crippen LogP contribution in [0, 0.1) is 0 Å². The standard InChI is InChI=1S/C20H17ClNO2/c21-18-6-8-19(9-7-18)24-15-14-22-12-10-17(11-13-22)20(23)16-4-2-1-3-5-16/h1-13H,14-15H2/q+1. The van der Waals surface area contributed by atoms with E-state index in [4.69, 9.17) is 16.3 Å². The van der Waals surface area contributed by atoms with Gasteiger partial charge in [0.1, 0.15) is 12.4 Å². The molecule has 120 valence electrons. The molecule has 0 radical (unpaired) electrons. The zero-order chi connectivity index (χ0) is 16.8. The normalized spacial score (nSPS) is 10.4. The van der Waals surface area contributed by atoms with Gasteiger partial charge in [-0.05, 0) is 24.3 Å². The Labute approximate surface area is 146 Å². The monoisotopic (exact) mass is 338 g/mol. The van der Waals surface area contributed by atoms with Gasteiger partial charge in [0.15, 0.2) is 24.7 Å². The Bertz CT molecular complexity index is 799. The molecule has 0 aliphatic heterocycles. The van der Waals surface area contributed by atoms with Gasteiger partial charge in [-0.1, -0.05) is 41.9 Å². The summed E-state index contributed by atoms with van der Waals surface area (Å²) in [5, 5.41) is 0.690. The summed E-state index contributed by atoms with van der Waals surface area (Å²) in [5.41, 5.74) is 1.37. The van der Waals surface area contributed by atoms with Gasteiger partial charge in [-0.3, -0.25) is 4.79 Å². The van der Waals surface area contributed by atoms with Gasteiger partial charge in [0.25, 0.3) is 0 Å². The first-order valence-electron chi connectivity index (χ1n) is 7.69. The highest BCUT2D eigenvalue weighted by atomic mass is 35.5. The predicted octanol–water partition coefficient (Wildman–Crippen LogP) is 3.94. The lowest BCUT2D eigenvalue weighted by Crippen LogP contribution is -2.36. The smallest absolute Gasteiger partial charge is 0.193 e. The van der Waals surface area contributed by atoms with Crippen molar-refractivity contribution in [2.75, 3.05) is 6.61 Å². The fourth-order valence-electron chi connectivity index (χ4n) is 2.31. The van der Waals surface area contributed by atoms with E-state index >= 15 is 0 Å². The van der Waals surface area contributed by atoms with Crippen LogP contribution < -0.4 is 9.30 Å². The van der Waals surface area contributed by atoms with E-state index in [1.807, 2.05) is 71.6 Å². The highest BCUT2D eigenvalue weighted by molar-refractivity contribution is 6.30. The van der Waals surface area contributed by atoms with Gasteiger partial charge in [-0.15, -0.1) is 0 Å². The van der Waals surface area contributed by atoms with Crippen LogP contribution in [0.5, 0.6) is 5.75 Å². The number of hydrogen-bond donors (Lipinski definition) is 0. The van der Waals surface area contributed by atoms with Gasteiger partial charge in [0.05, 0.1) is 0 Å². The molecule has 3 rings (SSSR count). The van der Waals surface area contributed by atoms with Crippen LogP contribution in [0.3, 0.4) is 0 Å². The maximum Gasteiger partial charge on any atom is 0.193 e. The molecule has 4 heteroatoms. The molecule has 2 aromatic carbocycles. The van der Waals surface area contributed by atoms with E-state index in [1.165, 1.54) is 0 Å². The van der Waals surface area contributed by atoms with E-state index in [1.54, 1.807) is 12.1 Å². The van der Waals surface area contributed by atoms with Gasteiger partial charge in [-0.25, -0.2) is 4.57 Å². The number of aromatic nitrogens is 1. The molecule has 0 aliphatic carbocycles. The maximum absolute atomic E-state index is 12.3.